The van der Waals surface area contributed by atoms with E-state index in [1.807, 2.05) is 47.4 Å². The van der Waals surface area contributed by atoms with Crippen LogP contribution in [0.4, 0.5) is 0 Å². The first kappa shape index (κ1) is 31.5. The van der Waals surface area contributed by atoms with Crippen LogP contribution in [0.1, 0.15) is 48.9 Å². The molecule has 0 aliphatic carbocycles. The molecule has 0 N–H and O–H groups in total. The first-order chi connectivity index (χ1) is 22.0. The Morgan fingerprint density at radius 2 is 1.63 bits per heavy atom. The number of hydrogen-bond acceptors (Lipinski definition) is 3. The molecule has 0 saturated carbocycles. The van der Waals surface area contributed by atoms with E-state index in [1.165, 1.54) is 22.3 Å². The predicted molar refractivity (Wildman–Crippen MR) is 183 cm³/mol. The van der Waals surface area contributed by atoms with Gasteiger partial charge in [-0.1, -0.05) is 62.5 Å². The van der Waals surface area contributed by atoms with Crippen LogP contribution in [0.5, 0.6) is 11.5 Å². The van der Waals surface area contributed by atoms with Gasteiger partial charge in [0.05, 0.1) is 6.20 Å². The van der Waals surface area contributed by atoms with E-state index < -0.39 is 0 Å². The number of ether oxygens (including phenoxy) is 1. The van der Waals surface area contributed by atoms with Gasteiger partial charge in [0.1, 0.15) is 5.82 Å². The molecule has 0 radical (unpaired) electrons. The number of aromatic nitrogens is 4. The first-order valence-corrected chi connectivity index (χ1v) is 15.8. The van der Waals surface area contributed by atoms with Gasteiger partial charge in [-0.05, 0) is 83.8 Å². The van der Waals surface area contributed by atoms with Crippen LogP contribution >= 0.6 is 0 Å². The van der Waals surface area contributed by atoms with Gasteiger partial charge in [-0.15, -0.1) is 35.7 Å². The summed E-state index contributed by atoms with van der Waals surface area (Å²) in [7, 11) is 0. The molecule has 0 bridgehead atoms. The molecule has 232 valence electrons. The molecule has 3 heterocycles. The Kier molecular flexibility index (Phi) is 9.24. The SMILES string of the molecule is CCCc1cc(C)c(-c2cnn(-c3[c-]c(Oc4[c-]c5c(cc4)c4ccccc4n5-c4cc(C)ccn4)ccc3)c2)c(CCC)c1.[Pt+2]. The second-order valence-electron chi connectivity index (χ2n) is 11.8. The van der Waals surface area contributed by atoms with Crippen molar-refractivity contribution in [1.82, 2.24) is 19.3 Å². The maximum Gasteiger partial charge on any atom is 2.00 e. The zero-order valence-corrected chi connectivity index (χ0v) is 28.9. The zero-order valence-electron chi connectivity index (χ0n) is 26.6. The van der Waals surface area contributed by atoms with Crippen molar-refractivity contribution in [1.29, 1.82) is 0 Å². The second-order valence-corrected chi connectivity index (χ2v) is 11.8. The van der Waals surface area contributed by atoms with E-state index in [4.69, 9.17) is 9.84 Å². The number of hydrogen-bond donors (Lipinski definition) is 0. The summed E-state index contributed by atoms with van der Waals surface area (Å²) in [5.41, 5.74) is 10.5. The summed E-state index contributed by atoms with van der Waals surface area (Å²) in [6.07, 6.45) is 10.3. The van der Waals surface area contributed by atoms with Crippen molar-refractivity contribution in [2.75, 3.05) is 0 Å². The van der Waals surface area contributed by atoms with E-state index in [1.54, 1.807) is 0 Å². The topological polar surface area (TPSA) is 44.9 Å². The molecule has 4 aromatic carbocycles. The third kappa shape index (κ3) is 6.04. The summed E-state index contributed by atoms with van der Waals surface area (Å²) in [4.78, 5) is 4.68. The average Bonchev–Trinajstić information content (AvgIpc) is 3.64. The third-order valence-electron chi connectivity index (χ3n) is 8.31. The fraction of sp³-hybridized carbons (Fsp3) is 0.200. The quantitative estimate of drug-likeness (QED) is 0.137. The van der Waals surface area contributed by atoms with Gasteiger partial charge in [0.25, 0.3) is 0 Å². The zero-order chi connectivity index (χ0) is 30.9. The minimum absolute atomic E-state index is 0. The van der Waals surface area contributed by atoms with E-state index in [0.29, 0.717) is 11.5 Å². The molecular formula is C40H36N4OPt. The molecule has 5 nitrogen and oxygen atoms in total. The van der Waals surface area contributed by atoms with Gasteiger partial charge in [-0.2, -0.15) is 17.2 Å². The number of para-hydroxylation sites is 1. The Morgan fingerprint density at radius 1 is 0.804 bits per heavy atom. The van der Waals surface area contributed by atoms with Crippen LogP contribution in [0.15, 0.2) is 97.5 Å². The molecule has 0 aliphatic heterocycles. The molecule has 0 amide bonds. The molecule has 0 unspecified atom stereocenters. The Labute approximate surface area is 285 Å². The molecule has 0 spiro atoms. The smallest absolute Gasteiger partial charge is 0.509 e. The number of pyridine rings is 1. The Bertz CT molecular complexity index is 2160. The van der Waals surface area contributed by atoms with Crippen molar-refractivity contribution in [2.45, 2.75) is 53.4 Å². The number of aryl methyl sites for hydroxylation is 4. The minimum atomic E-state index is 0. The number of rotatable bonds is 9. The maximum absolute atomic E-state index is 6.37. The summed E-state index contributed by atoms with van der Waals surface area (Å²) in [6.45, 7) is 8.77. The van der Waals surface area contributed by atoms with Crippen LogP contribution in [0.3, 0.4) is 0 Å². The van der Waals surface area contributed by atoms with Crippen molar-refractivity contribution in [2.24, 2.45) is 0 Å². The van der Waals surface area contributed by atoms with Crippen molar-refractivity contribution in [3.8, 4) is 34.1 Å². The largest absolute Gasteiger partial charge is 2.00 e. The molecule has 0 fully saturated rings. The molecule has 0 atom stereocenters. The van der Waals surface area contributed by atoms with Gasteiger partial charge in [-0.3, -0.25) is 4.68 Å². The monoisotopic (exact) mass is 783 g/mol. The van der Waals surface area contributed by atoms with Crippen LogP contribution in [0.2, 0.25) is 0 Å². The van der Waals surface area contributed by atoms with Crippen molar-refractivity contribution in [3.05, 3.63) is 132 Å². The molecule has 0 aliphatic rings. The first-order valence-electron chi connectivity index (χ1n) is 15.8. The average molecular weight is 784 g/mol. The van der Waals surface area contributed by atoms with Gasteiger partial charge in [0.15, 0.2) is 0 Å². The normalized spacial score (nSPS) is 11.2. The summed E-state index contributed by atoms with van der Waals surface area (Å²) in [5, 5.41) is 6.99. The Morgan fingerprint density at radius 3 is 2.46 bits per heavy atom. The summed E-state index contributed by atoms with van der Waals surface area (Å²) in [6, 6.07) is 34.1. The van der Waals surface area contributed by atoms with Crippen LogP contribution in [-0.4, -0.2) is 19.3 Å². The van der Waals surface area contributed by atoms with Crippen LogP contribution in [-0.2, 0) is 33.9 Å². The van der Waals surface area contributed by atoms with Crippen molar-refractivity contribution in [3.63, 3.8) is 0 Å². The van der Waals surface area contributed by atoms with Crippen molar-refractivity contribution >= 4 is 21.8 Å². The van der Waals surface area contributed by atoms with E-state index in [-0.39, 0.29) is 21.1 Å². The van der Waals surface area contributed by atoms with E-state index >= 15 is 0 Å². The molecule has 6 heteroatoms. The summed E-state index contributed by atoms with van der Waals surface area (Å²) >= 11 is 0. The van der Waals surface area contributed by atoms with Gasteiger partial charge >= 0.3 is 21.1 Å². The summed E-state index contributed by atoms with van der Waals surface area (Å²) < 4.78 is 10.4. The van der Waals surface area contributed by atoms with Crippen LogP contribution < -0.4 is 4.74 Å². The molecule has 0 saturated heterocycles. The Balaban J connectivity index is 0.00000372. The van der Waals surface area contributed by atoms with E-state index in [2.05, 4.69) is 104 Å². The molecule has 46 heavy (non-hydrogen) atoms. The summed E-state index contributed by atoms with van der Waals surface area (Å²) in [5.74, 6) is 2.07. The minimum Gasteiger partial charge on any atom is -0.509 e. The van der Waals surface area contributed by atoms with Crippen molar-refractivity contribution < 1.29 is 25.8 Å². The van der Waals surface area contributed by atoms with E-state index in [9.17, 15) is 0 Å². The predicted octanol–water partition coefficient (Wildman–Crippen LogP) is 9.94. The van der Waals surface area contributed by atoms with Gasteiger partial charge in [0, 0.05) is 35.0 Å². The second kappa shape index (κ2) is 13.5. The van der Waals surface area contributed by atoms with Gasteiger partial charge < -0.3 is 9.30 Å². The molecule has 3 aromatic heterocycles. The third-order valence-corrected chi connectivity index (χ3v) is 8.31. The van der Waals surface area contributed by atoms with Crippen LogP contribution in [0, 0.1) is 26.0 Å². The fourth-order valence-corrected chi connectivity index (χ4v) is 6.40. The molecule has 7 rings (SSSR count). The fourth-order valence-electron chi connectivity index (χ4n) is 6.40. The van der Waals surface area contributed by atoms with Gasteiger partial charge in [-0.25, -0.2) is 4.98 Å². The number of nitrogens with zero attached hydrogens (tertiary/aromatic N) is 4. The number of benzene rings is 4. The van der Waals surface area contributed by atoms with Gasteiger partial charge in [0.2, 0.25) is 0 Å². The molecular weight excluding hydrogens is 748 g/mol. The Hall–Kier alpha value is -4.47. The maximum atomic E-state index is 6.37. The standard InChI is InChI=1S/C40H36N4O.Pt/c1-5-10-29-21-28(4)40(30(22-29)11-6-2)31-25-42-43(26-31)32-12-9-13-33(23-32)45-34-16-17-36-35-14-7-8-15-37(35)44(38(36)24-34)39-20-27(3)18-19-41-39;/h7-9,12-22,25-26H,5-6,10-11H2,1-4H3;/q-2;+2. The van der Waals surface area contributed by atoms with E-state index in [0.717, 1.165) is 70.1 Å². The number of fused-ring (bicyclic) bond motifs is 3. The van der Waals surface area contributed by atoms with Crippen LogP contribution in [0.25, 0.3) is 44.4 Å². The molecule has 7 aromatic rings.